The Hall–Kier alpha value is -1.01. The molecule has 1 atom stereocenters. The fourth-order valence-corrected chi connectivity index (χ4v) is 1.90. The first-order valence-electron chi connectivity index (χ1n) is 5.64. The predicted octanol–water partition coefficient (Wildman–Crippen LogP) is 1.70. The Morgan fingerprint density at radius 1 is 1.53 bits per heavy atom. The highest BCUT2D eigenvalue weighted by Gasteiger charge is 2.15. The summed E-state index contributed by atoms with van der Waals surface area (Å²) in [4.78, 5) is 12.0. The van der Waals surface area contributed by atoms with Gasteiger partial charge >= 0.3 is 0 Å². The van der Waals surface area contributed by atoms with Crippen molar-refractivity contribution in [3.63, 3.8) is 0 Å². The number of hydrogen-bond donors (Lipinski definition) is 3. The Labute approximate surface area is 121 Å². The van der Waals surface area contributed by atoms with Crippen LogP contribution in [0.25, 0.3) is 0 Å². The Morgan fingerprint density at radius 2 is 2.21 bits per heavy atom. The lowest BCUT2D eigenvalue weighted by Gasteiger charge is -2.17. The van der Waals surface area contributed by atoms with Crippen LogP contribution in [0.4, 0.5) is 5.69 Å². The monoisotopic (exact) mass is 306 g/mol. The molecule has 1 aromatic carbocycles. The maximum absolute atomic E-state index is 12.0. The Bertz CT molecular complexity index is 426. The standard InChI is InChI=1S/C12H16Cl2N2O3/c1-19-6-8(2-3-17)16-12(18)7-4-9(13)11(14)10(15)5-7/h4-5,8,17H,2-3,6,15H2,1H3,(H,16,18). The molecule has 0 saturated heterocycles. The molecule has 19 heavy (non-hydrogen) atoms. The topological polar surface area (TPSA) is 84.6 Å². The maximum Gasteiger partial charge on any atom is 0.251 e. The SMILES string of the molecule is COCC(CCO)NC(=O)c1cc(N)c(Cl)c(Cl)c1. The van der Waals surface area contributed by atoms with E-state index >= 15 is 0 Å². The minimum Gasteiger partial charge on any atom is -0.397 e. The van der Waals surface area contributed by atoms with Crippen molar-refractivity contribution in [2.45, 2.75) is 12.5 Å². The molecule has 1 aromatic rings. The number of carbonyl (C=O) groups is 1. The van der Waals surface area contributed by atoms with Gasteiger partial charge < -0.3 is 20.9 Å². The predicted molar refractivity (Wildman–Crippen MR) is 75.7 cm³/mol. The van der Waals surface area contributed by atoms with E-state index in [4.69, 9.17) is 38.8 Å². The van der Waals surface area contributed by atoms with Crippen molar-refractivity contribution >= 4 is 34.8 Å². The molecule has 1 rings (SSSR count). The third-order valence-corrected chi connectivity index (χ3v) is 3.32. The van der Waals surface area contributed by atoms with Crippen LogP contribution in [0.5, 0.6) is 0 Å². The number of benzene rings is 1. The number of nitrogens with one attached hydrogen (secondary N) is 1. The van der Waals surface area contributed by atoms with Crippen molar-refractivity contribution in [3.05, 3.63) is 27.7 Å². The van der Waals surface area contributed by atoms with Crippen LogP contribution in [-0.2, 0) is 4.74 Å². The van der Waals surface area contributed by atoms with Gasteiger partial charge in [0.15, 0.2) is 0 Å². The van der Waals surface area contributed by atoms with Crippen LogP contribution < -0.4 is 11.1 Å². The van der Waals surface area contributed by atoms with Gasteiger partial charge in [0.25, 0.3) is 5.91 Å². The fraction of sp³-hybridized carbons (Fsp3) is 0.417. The van der Waals surface area contributed by atoms with Crippen LogP contribution in [0, 0.1) is 0 Å². The van der Waals surface area contributed by atoms with Crippen molar-refractivity contribution in [1.82, 2.24) is 5.32 Å². The van der Waals surface area contributed by atoms with Crippen LogP contribution in [-0.4, -0.2) is 37.4 Å². The number of anilines is 1. The molecule has 0 aliphatic rings. The van der Waals surface area contributed by atoms with Gasteiger partial charge in [-0.05, 0) is 18.6 Å². The number of ether oxygens (including phenoxy) is 1. The molecule has 0 bridgehead atoms. The molecule has 7 heteroatoms. The van der Waals surface area contributed by atoms with E-state index in [9.17, 15) is 4.79 Å². The Balaban J connectivity index is 2.82. The second-order valence-electron chi connectivity index (χ2n) is 4.00. The molecule has 0 saturated carbocycles. The van der Waals surface area contributed by atoms with E-state index in [0.717, 1.165) is 0 Å². The third-order valence-electron chi connectivity index (χ3n) is 2.50. The first-order valence-corrected chi connectivity index (χ1v) is 6.40. The van der Waals surface area contributed by atoms with Gasteiger partial charge in [-0.15, -0.1) is 0 Å². The van der Waals surface area contributed by atoms with E-state index in [1.165, 1.54) is 19.2 Å². The molecule has 0 aliphatic carbocycles. The summed E-state index contributed by atoms with van der Waals surface area (Å²) in [6.07, 6.45) is 0.399. The molecule has 5 nitrogen and oxygen atoms in total. The molecule has 0 aliphatic heterocycles. The average molecular weight is 307 g/mol. The highest BCUT2D eigenvalue weighted by molar-refractivity contribution is 6.43. The first-order chi connectivity index (χ1) is 8.99. The molecule has 1 unspecified atom stereocenters. The molecule has 106 valence electrons. The van der Waals surface area contributed by atoms with E-state index in [1.807, 2.05) is 0 Å². The molecule has 0 spiro atoms. The summed E-state index contributed by atoms with van der Waals surface area (Å²) in [5.74, 6) is -0.347. The molecule has 1 amide bonds. The number of nitrogen functional groups attached to an aromatic ring is 1. The number of aliphatic hydroxyl groups is 1. The van der Waals surface area contributed by atoms with Crippen LogP contribution in [0.1, 0.15) is 16.8 Å². The van der Waals surface area contributed by atoms with Gasteiger partial charge in [-0.2, -0.15) is 0 Å². The third kappa shape index (κ3) is 4.54. The molecule has 0 radical (unpaired) electrons. The van der Waals surface area contributed by atoms with E-state index in [2.05, 4.69) is 5.32 Å². The first kappa shape index (κ1) is 16.0. The maximum atomic E-state index is 12.0. The fourth-order valence-electron chi connectivity index (χ4n) is 1.56. The zero-order chi connectivity index (χ0) is 14.4. The summed E-state index contributed by atoms with van der Waals surface area (Å²) in [5, 5.41) is 12.1. The minimum absolute atomic E-state index is 0.0438. The van der Waals surface area contributed by atoms with E-state index < -0.39 is 0 Å². The largest absolute Gasteiger partial charge is 0.397 e. The summed E-state index contributed by atoms with van der Waals surface area (Å²) >= 11 is 11.7. The van der Waals surface area contributed by atoms with Crippen LogP contribution >= 0.6 is 23.2 Å². The van der Waals surface area contributed by atoms with Crippen molar-refractivity contribution in [2.24, 2.45) is 0 Å². The van der Waals surface area contributed by atoms with Gasteiger partial charge in [0, 0.05) is 19.3 Å². The Morgan fingerprint density at radius 3 is 2.74 bits per heavy atom. The molecule has 0 aromatic heterocycles. The van der Waals surface area contributed by atoms with E-state index in [0.29, 0.717) is 18.6 Å². The second kappa shape index (κ2) is 7.55. The second-order valence-corrected chi connectivity index (χ2v) is 4.78. The summed E-state index contributed by atoms with van der Waals surface area (Å²) in [6.45, 7) is 0.265. The zero-order valence-corrected chi connectivity index (χ0v) is 12.0. The lowest BCUT2D eigenvalue weighted by atomic mass is 10.1. The molecule has 0 heterocycles. The zero-order valence-electron chi connectivity index (χ0n) is 10.5. The molecule has 0 fully saturated rings. The summed E-state index contributed by atoms with van der Waals surface area (Å²) in [7, 11) is 1.52. The molecular weight excluding hydrogens is 291 g/mol. The van der Waals surface area contributed by atoms with E-state index in [1.54, 1.807) is 0 Å². The number of halogens is 2. The van der Waals surface area contributed by atoms with Crippen LogP contribution in [0.3, 0.4) is 0 Å². The Kier molecular flexibility index (Phi) is 6.37. The van der Waals surface area contributed by atoms with Gasteiger partial charge in [-0.25, -0.2) is 0 Å². The molecular formula is C12H16Cl2N2O3. The lowest BCUT2D eigenvalue weighted by Crippen LogP contribution is -2.38. The van der Waals surface area contributed by atoms with Gasteiger partial charge in [0.1, 0.15) is 0 Å². The van der Waals surface area contributed by atoms with Gasteiger partial charge in [-0.1, -0.05) is 23.2 Å². The normalized spacial score (nSPS) is 12.2. The van der Waals surface area contributed by atoms with Gasteiger partial charge in [0.05, 0.1) is 28.4 Å². The van der Waals surface area contributed by atoms with Crippen LogP contribution in [0.2, 0.25) is 10.0 Å². The number of amides is 1. The summed E-state index contributed by atoms with van der Waals surface area (Å²) in [6, 6.07) is 2.61. The van der Waals surface area contributed by atoms with Crippen molar-refractivity contribution in [1.29, 1.82) is 0 Å². The van der Waals surface area contributed by atoms with E-state index in [-0.39, 0.29) is 34.3 Å². The van der Waals surface area contributed by atoms with Crippen LogP contribution in [0.15, 0.2) is 12.1 Å². The number of hydrogen-bond acceptors (Lipinski definition) is 4. The summed E-state index contributed by atoms with van der Waals surface area (Å²) < 4.78 is 4.96. The van der Waals surface area contributed by atoms with Gasteiger partial charge in [0.2, 0.25) is 0 Å². The number of methoxy groups -OCH3 is 1. The quantitative estimate of drug-likeness (QED) is 0.698. The van der Waals surface area contributed by atoms with Gasteiger partial charge in [-0.3, -0.25) is 4.79 Å². The average Bonchev–Trinajstić information content (AvgIpc) is 2.35. The van der Waals surface area contributed by atoms with Crippen molar-refractivity contribution in [3.8, 4) is 0 Å². The lowest BCUT2D eigenvalue weighted by molar-refractivity contribution is 0.0879. The molecule has 4 N–H and O–H groups in total. The number of aliphatic hydroxyl groups excluding tert-OH is 1. The smallest absolute Gasteiger partial charge is 0.251 e. The number of nitrogens with two attached hydrogens (primary N) is 1. The van der Waals surface area contributed by atoms with Crippen molar-refractivity contribution < 1.29 is 14.6 Å². The number of rotatable bonds is 6. The van der Waals surface area contributed by atoms with Crippen molar-refractivity contribution in [2.75, 3.05) is 26.1 Å². The highest BCUT2D eigenvalue weighted by atomic mass is 35.5. The highest BCUT2D eigenvalue weighted by Crippen LogP contribution is 2.29. The number of carbonyl (C=O) groups excluding carboxylic acids is 1. The summed E-state index contributed by atoms with van der Waals surface area (Å²) in [5.41, 5.74) is 6.20. The minimum atomic E-state index is -0.347.